The molecule has 5 rings (SSSR count). The number of carbonyl (C=O) groups excluding carboxylic acids is 1. The molecule has 7 nitrogen and oxygen atoms in total. The number of amides is 1. The monoisotopic (exact) mass is 421 g/mol. The second-order valence-corrected chi connectivity index (χ2v) is 8.18. The van der Waals surface area contributed by atoms with Crippen molar-refractivity contribution in [2.75, 3.05) is 7.11 Å². The summed E-state index contributed by atoms with van der Waals surface area (Å²) in [6, 6.07) is 6.67. The van der Waals surface area contributed by atoms with Crippen molar-refractivity contribution in [2.24, 2.45) is 0 Å². The lowest BCUT2D eigenvalue weighted by molar-refractivity contribution is 0.0937. The molecule has 1 amide bonds. The number of ether oxygens (including phenoxy) is 1. The van der Waals surface area contributed by atoms with E-state index in [4.69, 9.17) is 4.74 Å². The zero-order valence-corrected chi connectivity index (χ0v) is 17.3. The maximum atomic E-state index is 14.2. The van der Waals surface area contributed by atoms with Crippen LogP contribution >= 0.6 is 0 Å². The van der Waals surface area contributed by atoms with Gasteiger partial charge in [-0.1, -0.05) is 12.8 Å². The normalized spacial score (nSPS) is 16.5. The van der Waals surface area contributed by atoms with Gasteiger partial charge in [-0.2, -0.15) is 5.10 Å². The summed E-state index contributed by atoms with van der Waals surface area (Å²) < 4.78 is 20.8. The molecule has 31 heavy (non-hydrogen) atoms. The van der Waals surface area contributed by atoms with E-state index in [1.165, 1.54) is 13.2 Å². The van der Waals surface area contributed by atoms with Crippen LogP contribution in [0.4, 0.5) is 4.39 Å². The van der Waals surface area contributed by atoms with Gasteiger partial charge in [0.25, 0.3) is 11.9 Å². The first-order valence-corrected chi connectivity index (χ1v) is 10.7. The number of hydrogen-bond acceptors (Lipinski definition) is 5. The minimum Gasteiger partial charge on any atom is -0.494 e. The number of nitrogens with zero attached hydrogens (tertiary/aromatic N) is 4. The lowest BCUT2D eigenvalue weighted by Gasteiger charge is -2.13. The fraction of sp³-hybridized carbons (Fsp3) is 0.391. The Morgan fingerprint density at radius 3 is 2.71 bits per heavy atom. The SMILES string of the molecule is COc1ccc(-c2ccnc(-n3ncc(C(=O)NC4CCCC4)c3C3CC3)n2)cc1F. The maximum Gasteiger partial charge on any atom is 0.255 e. The van der Waals surface area contributed by atoms with Crippen LogP contribution < -0.4 is 10.1 Å². The third-order valence-electron chi connectivity index (χ3n) is 5.99. The van der Waals surface area contributed by atoms with Gasteiger partial charge in [0, 0.05) is 23.7 Å². The number of methoxy groups -OCH3 is 1. The highest BCUT2D eigenvalue weighted by Crippen LogP contribution is 2.42. The van der Waals surface area contributed by atoms with Crippen LogP contribution in [0.15, 0.2) is 36.7 Å². The van der Waals surface area contributed by atoms with Crippen LogP contribution in [-0.2, 0) is 0 Å². The highest BCUT2D eigenvalue weighted by atomic mass is 19.1. The minimum atomic E-state index is -0.455. The van der Waals surface area contributed by atoms with Crippen molar-refractivity contribution in [3.05, 3.63) is 53.7 Å². The summed E-state index contributed by atoms with van der Waals surface area (Å²) in [5.41, 5.74) is 2.63. The lowest BCUT2D eigenvalue weighted by atomic mass is 10.1. The summed E-state index contributed by atoms with van der Waals surface area (Å²) in [4.78, 5) is 21.9. The first-order chi connectivity index (χ1) is 15.1. The first kappa shape index (κ1) is 19.7. The largest absolute Gasteiger partial charge is 0.494 e. The molecule has 1 aromatic carbocycles. The molecule has 0 bridgehead atoms. The molecular formula is C23H24FN5O2. The predicted octanol–water partition coefficient (Wildman–Crippen LogP) is 4.03. The molecule has 2 fully saturated rings. The maximum absolute atomic E-state index is 14.2. The molecule has 2 aliphatic carbocycles. The van der Waals surface area contributed by atoms with Crippen molar-refractivity contribution in [3.8, 4) is 23.0 Å². The van der Waals surface area contributed by atoms with Crippen LogP contribution in [0.5, 0.6) is 5.75 Å². The third-order valence-corrected chi connectivity index (χ3v) is 5.99. The van der Waals surface area contributed by atoms with E-state index in [0.29, 0.717) is 22.8 Å². The zero-order valence-electron chi connectivity index (χ0n) is 17.3. The van der Waals surface area contributed by atoms with E-state index in [1.54, 1.807) is 35.3 Å². The van der Waals surface area contributed by atoms with Crippen molar-refractivity contribution >= 4 is 5.91 Å². The molecule has 1 N–H and O–H groups in total. The van der Waals surface area contributed by atoms with E-state index < -0.39 is 5.82 Å². The molecule has 0 unspecified atom stereocenters. The number of aromatic nitrogens is 4. The quantitative estimate of drug-likeness (QED) is 0.650. The second kappa shape index (κ2) is 8.09. The number of halogens is 1. The minimum absolute atomic E-state index is 0.0755. The molecule has 160 valence electrons. The number of nitrogens with one attached hydrogen (secondary N) is 1. The van der Waals surface area contributed by atoms with Crippen molar-refractivity contribution in [1.82, 2.24) is 25.1 Å². The van der Waals surface area contributed by atoms with E-state index in [1.807, 2.05) is 0 Å². The van der Waals surface area contributed by atoms with Gasteiger partial charge in [-0.25, -0.2) is 19.0 Å². The highest BCUT2D eigenvalue weighted by Gasteiger charge is 2.34. The third kappa shape index (κ3) is 3.89. The summed E-state index contributed by atoms with van der Waals surface area (Å²) >= 11 is 0. The van der Waals surface area contributed by atoms with E-state index in [-0.39, 0.29) is 23.6 Å². The van der Waals surface area contributed by atoms with Gasteiger partial charge in [0.15, 0.2) is 11.6 Å². The molecule has 8 heteroatoms. The first-order valence-electron chi connectivity index (χ1n) is 10.7. The van der Waals surface area contributed by atoms with Crippen LogP contribution in [0.2, 0.25) is 0 Å². The van der Waals surface area contributed by atoms with Crippen LogP contribution in [0.3, 0.4) is 0 Å². The molecular weight excluding hydrogens is 397 g/mol. The average molecular weight is 421 g/mol. The Morgan fingerprint density at radius 2 is 2.00 bits per heavy atom. The summed E-state index contributed by atoms with van der Waals surface area (Å²) in [7, 11) is 1.43. The predicted molar refractivity (Wildman–Crippen MR) is 113 cm³/mol. The molecule has 3 aromatic rings. The molecule has 2 aromatic heterocycles. The van der Waals surface area contributed by atoms with Crippen LogP contribution in [0.1, 0.15) is 60.5 Å². The standard InChI is InChI=1S/C23H24FN5O2/c1-31-20-9-8-15(12-18(20)24)19-10-11-25-23(28-19)29-21(14-6-7-14)17(13-26-29)22(30)27-16-4-2-3-5-16/h8-14,16H,2-7H2,1H3,(H,27,30). The van der Waals surface area contributed by atoms with Gasteiger partial charge < -0.3 is 10.1 Å². The van der Waals surface area contributed by atoms with Gasteiger partial charge >= 0.3 is 0 Å². The number of carbonyl (C=O) groups is 1. The fourth-order valence-electron chi connectivity index (χ4n) is 4.21. The Bertz CT molecular complexity index is 1120. The Labute approximate surface area is 179 Å². The lowest BCUT2D eigenvalue weighted by Crippen LogP contribution is -2.33. The smallest absolute Gasteiger partial charge is 0.255 e. The molecule has 0 radical (unpaired) electrons. The van der Waals surface area contributed by atoms with E-state index in [0.717, 1.165) is 44.2 Å². The molecule has 0 saturated heterocycles. The van der Waals surface area contributed by atoms with Crippen LogP contribution in [0, 0.1) is 5.82 Å². The molecule has 2 saturated carbocycles. The molecule has 2 heterocycles. The Kier molecular flexibility index (Phi) is 5.13. The molecule has 0 aliphatic heterocycles. The Hall–Kier alpha value is -3.29. The van der Waals surface area contributed by atoms with Crippen molar-refractivity contribution in [3.63, 3.8) is 0 Å². The van der Waals surface area contributed by atoms with Gasteiger partial charge in [0.1, 0.15) is 0 Å². The van der Waals surface area contributed by atoms with Gasteiger partial charge in [0.2, 0.25) is 0 Å². The highest BCUT2D eigenvalue weighted by molar-refractivity contribution is 5.95. The van der Waals surface area contributed by atoms with Crippen molar-refractivity contribution < 1.29 is 13.9 Å². The summed E-state index contributed by atoms with van der Waals surface area (Å²) in [6.45, 7) is 0. The van der Waals surface area contributed by atoms with E-state index >= 15 is 0 Å². The van der Waals surface area contributed by atoms with Crippen molar-refractivity contribution in [2.45, 2.75) is 50.5 Å². The number of hydrogen-bond donors (Lipinski definition) is 1. The summed E-state index contributed by atoms with van der Waals surface area (Å²) in [5, 5.41) is 7.61. The Balaban J connectivity index is 1.48. The van der Waals surface area contributed by atoms with Crippen LogP contribution in [-0.4, -0.2) is 38.8 Å². The fourth-order valence-corrected chi connectivity index (χ4v) is 4.21. The van der Waals surface area contributed by atoms with E-state index in [2.05, 4.69) is 20.4 Å². The molecule has 0 spiro atoms. The van der Waals surface area contributed by atoms with Gasteiger partial charge in [0.05, 0.1) is 30.3 Å². The summed E-state index contributed by atoms with van der Waals surface area (Å²) in [6.07, 6.45) is 9.64. The topological polar surface area (TPSA) is 81.9 Å². The van der Waals surface area contributed by atoms with Gasteiger partial charge in [-0.05, 0) is 49.9 Å². The second-order valence-electron chi connectivity index (χ2n) is 8.18. The number of rotatable bonds is 6. The number of benzene rings is 1. The zero-order chi connectivity index (χ0) is 21.4. The summed E-state index contributed by atoms with van der Waals surface area (Å²) in [5.74, 6) is 0.296. The average Bonchev–Trinajstić information content (AvgIpc) is 3.31. The molecule has 2 aliphatic rings. The van der Waals surface area contributed by atoms with Gasteiger partial charge in [-0.3, -0.25) is 4.79 Å². The van der Waals surface area contributed by atoms with Gasteiger partial charge in [-0.15, -0.1) is 0 Å². The van der Waals surface area contributed by atoms with Crippen molar-refractivity contribution in [1.29, 1.82) is 0 Å². The van der Waals surface area contributed by atoms with Crippen LogP contribution in [0.25, 0.3) is 17.2 Å². The molecule has 0 atom stereocenters. The van der Waals surface area contributed by atoms with E-state index in [9.17, 15) is 9.18 Å². The Morgan fingerprint density at radius 1 is 1.19 bits per heavy atom.